The fraction of sp³-hybridized carbons (Fsp3) is 0.280. The molecule has 6 nitrogen and oxygen atoms in total. The number of hydrogen-bond acceptors (Lipinski definition) is 6. The van der Waals surface area contributed by atoms with Crippen molar-refractivity contribution in [1.82, 2.24) is 19.9 Å². The first-order valence-electron chi connectivity index (χ1n) is 10.9. The summed E-state index contributed by atoms with van der Waals surface area (Å²) in [5, 5.41) is 0.765. The van der Waals surface area contributed by atoms with Gasteiger partial charge >= 0.3 is 0 Å². The molecule has 7 heteroatoms. The largest absolute Gasteiger partial charge is 0.443 e. The number of piperidine rings is 1. The lowest BCUT2D eigenvalue weighted by atomic mass is 10.0. The van der Waals surface area contributed by atoms with Crippen molar-refractivity contribution < 1.29 is 9.21 Å². The van der Waals surface area contributed by atoms with Gasteiger partial charge in [-0.15, -0.1) is 11.3 Å². The Labute approximate surface area is 191 Å². The van der Waals surface area contributed by atoms with Gasteiger partial charge in [-0.25, -0.2) is 9.97 Å². The van der Waals surface area contributed by atoms with Gasteiger partial charge in [0, 0.05) is 19.2 Å². The van der Waals surface area contributed by atoms with Crippen molar-refractivity contribution in [2.75, 3.05) is 6.54 Å². The van der Waals surface area contributed by atoms with Gasteiger partial charge in [0.05, 0.1) is 17.6 Å². The molecular formula is C25H24N4O2S. The van der Waals surface area contributed by atoms with Crippen LogP contribution in [0.1, 0.15) is 57.9 Å². The van der Waals surface area contributed by atoms with Crippen molar-refractivity contribution in [3.05, 3.63) is 88.7 Å². The maximum Gasteiger partial charge on any atom is 0.266 e. The second kappa shape index (κ2) is 9.04. The molecule has 0 radical (unpaired) electrons. The summed E-state index contributed by atoms with van der Waals surface area (Å²) in [5.41, 5.74) is 2.70. The molecule has 1 fully saturated rings. The third-order valence-corrected chi connectivity index (χ3v) is 6.88. The summed E-state index contributed by atoms with van der Waals surface area (Å²) in [7, 11) is 0. The van der Waals surface area contributed by atoms with Gasteiger partial charge in [0.25, 0.3) is 5.91 Å². The number of benzene rings is 1. The highest BCUT2D eigenvalue weighted by molar-refractivity contribution is 7.17. The first-order chi connectivity index (χ1) is 15.7. The minimum Gasteiger partial charge on any atom is -0.443 e. The first kappa shape index (κ1) is 20.6. The molecule has 1 aliphatic heterocycles. The summed E-state index contributed by atoms with van der Waals surface area (Å²) in [6, 6.07) is 15.7. The van der Waals surface area contributed by atoms with Crippen molar-refractivity contribution in [3.63, 3.8) is 0 Å². The fourth-order valence-electron chi connectivity index (χ4n) is 4.11. The number of hydrogen-bond donors (Lipinski definition) is 0. The minimum absolute atomic E-state index is 0.00492. The standard InChI is InChI=1S/C25H24N4O2S/c1-17-22(32-24(28-17)20-11-5-7-13-26-20)25(30)29-14-8-6-12-21(29)23-27-16-19(31-23)15-18-9-3-2-4-10-18/h2-5,7,9-11,13,16,21H,6,8,12,14-15H2,1H3/t21-/m1/s1. The van der Waals surface area contributed by atoms with E-state index in [0.29, 0.717) is 23.7 Å². The number of carbonyl (C=O) groups excluding carboxylic acids is 1. The average molecular weight is 445 g/mol. The molecule has 0 unspecified atom stereocenters. The molecule has 3 aromatic heterocycles. The van der Waals surface area contributed by atoms with E-state index in [0.717, 1.165) is 41.4 Å². The van der Waals surface area contributed by atoms with Gasteiger partial charge in [-0.2, -0.15) is 0 Å². The predicted octanol–water partition coefficient (Wildman–Crippen LogP) is 5.46. The lowest BCUT2D eigenvalue weighted by Gasteiger charge is -2.33. The number of nitrogens with zero attached hydrogens (tertiary/aromatic N) is 4. The Balaban J connectivity index is 1.38. The van der Waals surface area contributed by atoms with E-state index in [1.165, 1.54) is 16.9 Å². The predicted molar refractivity (Wildman–Crippen MR) is 123 cm³/mol. The molecule has 1 amide bonds. The Morgan fingerprint density at radius 1 is 1.12 bits per heavy atom. The molecule has 4 heterocycles. The van der Waals surface area contributed by atoms with Crippen LogP contribution < -0.4 is 0 Å². The van der Waals surface area contributed by atoms with Crippen LogP contribution in [0.2, 0.25) is 0 Å². The number of amides is 1. The van der Waals surface area contributed by atoms with Crippen molar-refractivity contribution in [2.24, 2.45) is 0 Å². The van der Waals surface area contributed by atoms with E-state index in [1.54, 1.807) is 12.4 Å². The molecule has 162 valence electrons. The lowest BCUT2D eigenvalue weighted by molar-refractivity contribution is 0.0574. The number of oxazole rings is 1. The summed E-state index contributed by atoms with van der Waals surface area (Å²) < 4.78 is 6.12. The van der Waals surface area contributed by atoms with Crippen LogP contribution in [0.5, 0.6) is 0 Å². The molecule has 0 spiro atoms. The third-order valence-electron chi connectivity index (χ3n) is 5.72. The zero-order valence-electron chi connectivity index (χ0n) is 17.9. The zero-order chi connectivity index (χ0) is 21.9. The minimum atomic E-state index is -0.152. The van der Waals surface area contributed by atoms with Crippen LogP contribution in [-0.2, 0) is 6.42 Å². The van der Waals surface area contributed by atoms with Gasteiger partial charge in [0.15, 0.2) is 0 Å². The van der Waals surface area contributed by atoms with Crippen LogP contribution in [0.25, 0.3) is 10.7 Å². The van der Waals surface area contributed by atoms with Crippen LogP contribution in [0.3, 0.4) is 0 Å². The quantitative estimate of drug-likeness (QED) is 0.409. The molecular weight excluding hydrogens is 420 g/mol. The number of rotatable bonds is 5. The Kier molecular flexibility index (Phi) is 5.81. The number of carbonyl (C=O) groups is 1. The topological polar surface area (TPSA) is 72.1 Å². The molecule has 0 bridgehead atoms. The number of aromatic nitrogens is 3. The second-order valence-electron chi connectivity index (χ2n) is 7.99. The molecule has 1 saturated heterocycles. The monoisotopic (exact) mass is 444 g/mol. The molecule has 4 aromatic rings. The number of likely N-dealkylation sites (tertiary alicyclic amines) is 1. The second-order valence-corrected chi connectivity index (χ2v) is 8.98. The molecule has 32 heavy (non-hydrogen) atoms. The van der Waals surface area contributed by atoms with Gasteiger partial charge in [0.1, 0.15) is 21.7 Å². The van der Waals surface area contributed by atoms with Crippen LogP contribution >= 0.6 is 11.3 Å². The highest BCUT2D eigenvalue weighted by Gasteiger charge is 2.33. The Bertz CT molecular complexity index is 1200. The summed E-state index contributed by atoms with van der Waals surface area (Å²) in [5.74, 6) is 1.43. The van der Waals surface area contributed by atoms with Gasteiger partial charge in [-0.1, -0.05) is 36.4 Å². The summed E-state index contributed by atoms with van der Waals surface area (Å²) >= 11 is 1.40. The van der Waals surface area contributed by atoms with E-state index >= 15 is 0 Å². The molecule has 1 atom stereocenters. The number of aryl methyl sites for hydroxylation is 1. The maximum atomic E-state index is 13.6. The molecule has 1 aliphatic rings. The van der Waals surface area contributed by atoms with E-state index in [1.807, 2.05) is 48.2 Å². The average Bonchev–Trinajstić information content (AvgIpc) is 3.46. The Morgan fingerprint density at radius 3 is 2.78 bits per heavy atom. The third kappa shape index (κ3) is 4.21. The van der Waals surface area contributed by atoms with Gasteiger partial charge in [-0.3, -0.25) is 9.78 Å². The van der Waals surface area contributed by atoms with E-state index in [-0.39, 0.29) is 11.9 Å². The van der Waals surface area contributed by atoms with E-state index in [2.05, 4.69) is 27.1 Å². The SMILES string of the molecule is Cc1nc(-c2ccccn2)sc1C(=O)N1CCCC[C@@H]1c1ncc(Cc2ccccc2)o1. The van der Waals surface area contributed by atoms with Crippen molar-refractivity contribution in [2.45, 2.75) is 38.6 Å². The summed E-state index contributed by atoms with van der Waals surface area (Å²) in [4.78, 5) is 29.7. The van der Waals surface area contributed by atoms with Crippen LogP contribution in [0, 0.1) is 6.92 Å². The van der Waals surface area contributed by atoms with Crippen molar-refractivity contribution in [3.8, 4) is 10.7 Å². The lowest BCUT2D eigenvalue weighted by Crippen LogP contribution is -2.38. The maximum absolute atomic E-state index is 13.6. The van der Waals surface area contributed by atoms with Crippen LogP contribution in [-0.4, -0.2) is 32.3 Å². The fourth-order valence-corrected chi connectivity index (χ4v) is 5.11. The highest BCUT2D eigenvalue weighted by Crippen LogP contribution is 2.35. The molecule has 5 rings (SSSR count). The Hall–Kier alpha value is -3.32. The van der Waals surface area contributed by atoms with Crippen LogP contribution in [0.15, 0.2) is 65.3 Å². The molecule has 1 aromatic carbocycles. The van der Waals surface area contributed by atoms with Gasteiger partial charge in [0.2, 0.25) is 5.89 Å². The number of pyridine rings is 1. The van der Waals surface area contributed by atoms with Gasteiger partial charge < -0.3 is 9.32 Å². The zero-order valence-corrected chi connectivity index (χ0v) is 18.7. The van der Waals surface area contributed by atoms with Crippen LogP contribution in [0.4, 0.5) is 0 Å². The highest BCUT2D eigenvalue weighted by atomic mass is 32.1. The van der Waals surface area contributed by atoms with E-state index in [4.69, 9.17) is 4.42 Å². The summed E-state index contributed by atoms with van der Waals surface area (Å²) in [6.07, 6.45) is 7.09. The van der Waals surface area contributed by atoms with Gasteiger partial charge in [-0.05, 0) is 43.9 Å². The number of thiazole rings is 1. The van der Waals surface area contributed by atoms with Crippen molar-refractivity contribution >= 4 is 17.2 Å². The smallest absolute Gasteiger partial charge is 0.266 e. The van der Waals surface area contributed by atoms with Crippen molar-refractivity contribution in [1.29, 1.82) is 0 Å². The Morgan fingerprint density at radius 2 is 1.97 bits per heavy atom. The molecule has 0 saturated carbocycles. The molecule has 0 N–H and O–H groups in total. The normalized spacial score (nSPS) is 16.3. The van der Waals surface area contributed by atoms with E-state index < -0.39 is 0 Å². The summed E-state index contributed by atoms with van der Waals surface area (Å²) in [6.45, 7) is 2.58. The van der Waals surface area contributed by atoms with E-state index in [9.17, 15) is 4.79 Å². The first-order valence-corrected chi connectivity index (χ1v) is 11.7. The molecule has 0 aliphatic carbocycles.